The Bertz CT molecular complexity index is 1680. The number of anilines is 2. The monoisotopic (exact) mass is 631 g/mol. The van der Waals surface area contributed by atoms with E-state index in [9.17, 15) is 8.78 Å². The molecule has 13 heteroatoms. The number of nitrogens with two attached hydrogens (primary N) is 2. The Labute approximate surface area is 256 Å². The Morgan fingerprint density at radius 1 is 1.02 bits per heavy atom. The Morgan fingerprint density at radius 2 is 1.79 bits per heavy atom. The SMILES string of the molecule is COc1nc(N2C3CCC2CC(N)C3)c2cc(Cl)c(-c3ccc(F)c4sc(N)nc34)c(F)c2n1.FC1CC2CCCN2C1. The number of alkyl halides is 1. The first-order chi connectivity index (χ1) is 20.7. The van der Waals surface area contributed by atoms with E-state index < -0.39 is 17.8 Å². The highest BCUT2D eigenvalue weighted by molar-refractivity contribution is 7.22. The maximum absolute atomic E-state index is 16.2. The molecule has 2 aromatic carbocycles. The van der Waals surface area contributed by atoms with Crippen LogP contribution in [0.4, 0.5) is 24.1 Å². The maximum Gasteiger partial charge on any atom is 0.318 e. The third kappa shape index (κ3) is 5.05. The van der Waals surface area contributed by atoms with Gasteiger partial charge in [0, 0.05) is 47.2 Å². The summed E-state index contributed by atoms with van der Waals surface area (Å²) >= 11 is 7.67. The van der Waals surface area contributed by atoms with Crippen LogP contribution in [0.1, 0.15) is 44.9 Å². The number of hydrogen-bond donors (Lipinski definition) is 2. The van der Waals surface area contributed by atoms with Crippen molar-refractivity contribution in [3.8, 4) is 17.1 Å². The molecule has 8 rings (SSSR count). The number of benzene rings is 2. The van der Waals surface area contributed by atoms with Crippen LogP contribution < -0.4 is 21.1 Å². The van der Waals surface area contributed by atoms with Crippen LogP contribution in [0.25, 0.3) is 32.2 Å². The molecule has 4 N–H and O–H groups in total. The fourth-order valence-corrected chi connectivity index (χ4v) is 8.54. The smallest absolute Gasteiger partial charge is 0.318 e. The first-order valence-electron chi connectivity index (χ1n) is 14.7. The van der Waals surface area contributed by atoms with E-state index in [-0.39, 0.29) is 55.6 Å². The number of hydrogen-bond acceptors (Lipinski definition) is 9. The van der Waals surface area contributed by atoms with Gasteiger partial charge in [-0.15, -0.1) is 0 Å². The molecule has 4 aliphatic heterocycles. The van der Waals surface area contributed by atoms with E-state index in [1.807, 2.05) is 0 Å². The molecule has 4 aliphatic rings. The first kappa shape index (κ1) is 28.8. The normalized spacial score (nSPS) is 26.7. The summed E-state index contributed by atoms with van der Waals surface area (Å²) in [7, 11) is 1.45. The summed E-state index contributed by atoms with van der Waals surface area (Å²) in [6.07, 6.45) is 6.50. The predicted octanol–water partition coefficient (Wildman–Crippen LogP) is 6.08. The zero-order valence-electron chi connectivity index (χ0n) is 23.7. The lowest BCUT2D eigenvalue weighted by Crippen LogP contribution is -2.48. The number of halogens is 4. The number of aromatic nitrogens is 3. The second-order valence-corrected chi connectivity index (χ2v) is 13.4. The number of fused-ring (bicyclic) bond motifs is 5. The van der Waals surface area contributed by atoms with Gasteiger partial charge in [-0.05, 0) is 69.7 Å². The van der Waals surface area contributed by atoms with E-state index in [4.69, 9.17) is 27.8 Å². The molecule has 2 aromatic heterocycles. The van der Waals surface area contributed by atoms with Gasteiger partial charge in [-0.1, -0.05) is 22.9 Å². The van der Waals surface area contributed by atoms with E-state index in [2.05, 4.69) is 24.8 Å². The number of piperidine rings is 1. The molecule has 4 atom stereocenters. The molecule has 0 saturated carbocycles. The summed E-state index contributed by atoms with van der Waals surface area (Å²) in [5.41, 5.74) is 12.8. The lowest BCUT2D eigenvalue weighted by Gasteiger charge is -2.39. The van der Waals surface area contributed by atoms with Gasteiger partial charge in [0.05, 0.1) is 22.3 Å². The van der Waals surface area contributed by atoms with Crippen molar-refractivity contribution in [2.75, 3.05) is 30.8 Å². The number of nitrogens with zero attached hydrogens (tertiary/aromatic N) is 5. The minimum atomic E-state index is -0.648. The van der Waals surface area contributed by atoms with Crippen molar-refractivity contribution in [3.05, 3.63) is 34.9 Å². The molecule has 0 spiro atoms. The van der Waals surface area contributed by atoms with Crippen LogP contribution in [0.2, 0.25) is 5.02 Å². The van der Waals surface area contributed by atoms with E-state index in [1.54, 1.807) is 6.07 Å². The van der Waals surface area contributed by atoms with E-state index >= 15 is 4.39 Å². The summed E-state index contributed by atoms with van der Waals surface area (Å²) in [5.74, 6) is -0.531. The zero-order valence-corrected chi connectivity index (χ0v) is 25.3. The van der Waals surface area contributed by atoms with Gasteiger partial charge in [-0.2, -0.15) is 9.97 Å². The number of rotatable bonds is 3. The van der Waals surface area contributed by atoms with Crippen molar-refractivity contribution < 1.29 is 17.9 Å². The summed E-state index contributed by atoms with van der Waals surface area (Å²) in [6.45, 7) is 1.86. The molecule has 0 aliphatic carbocycles. The molecule has 4 aromatic rings. The van der Waals surface area contributed by atoms with Crippen molar-refractivity contribution in [1.82, 2.24) is 19.9 Å². The van der Waals surface area contributed by atoms with Gasteiger partial charge in [0.1, 0.15) is 23.3 Å². The predicted molar refractivity (Wildman–Crippen MR) is 165 cm³/mol. The Kier molecular flexibility index (Phi) is 7.51. The molecular formula is C30H33ClF3N7OS. The number of ether oxygens (including phenoxy) is 1. The largest absolute Gasteiger partial charge is 0.467 e. The van der Waals surface area contributed by atoms with Crippen LogP contribution in [-0.2, 0) is 0 Å². The van der Waals surface area contributed by atoms with Gasteiger partial charge >= 0.3 is 6.01 Å². The second-order valence-electron chi connectivity index (χ2n) is 11.9. The average molecular weight is 632 g/mol. The molecule has 43 heavy (non-hydrogen) atoms. The lowest BCUT2D eigenvalue weighted by atomic mass is 9.97. The maximum atomic E-state index is 16.2. The van der Waals surface area contributed by atoms with Crippen molar-refractivity contribution in [1.29, 1.82) is 0 Å². The summed E-state index contributed by atoms with van der Waals surface area (Å²) in [4.78, 5) is 17.7. The van der Waals surface area contributed by atoms with Crippen LogP contribution in [-0.4, -0.2) is 70.4 Å². The quantitative estimate of drug-likeness (QED) is 0.280. The lowest BCUT2D eigenvalue weighted by molar-refractivity contribution is 0.292. The summed E-state index contributed by atoms with van der Waals surface area (Å²) in [5, 5.41) is 0.833. The Hall–Kier alpha value is -2.93. The van der Waals surface area contributed by atoms with Crippen molar-refractivity contribution >= 4 is 55.0 Å². The minimum Gasteiger partial charge on any atom is -0.467 e. The Morgan fingerprint density at radius 3 is 2.51 bits per heavy atom. The standard InChI is InChI=1S/C23H21ClF2N6OS.C7H12FN/c1-33-23-30-18-13(21(31-23)32-10-2-3-11(32)7-9(27)6-10)8-14(24)16(17(18)26)12-4-5-15(25)20-19(12)29-22(28)34-20;8-6-4-7-2-1-3-9(7)5-6/h4-5,8-11H,2-3,6-7,27H2,1H3,(H2,28,29);6-7H,1-5H2. The van der Waals surface area contributed by atoms with Gasteiger partial charge in [0.15, 0.2) is 10.9 Å². The molecule has 6 heterocycles. The third-order valence-corrected chi connectivity index (χ3v) is 10.5. The van der Waals surface area contributed by atoms with Crippen LogP contribution in [0.3, 0.4) is 0 Å². The summed E-state index contributed by atoms with van der Waals surface area (Å²) < 4.78 is 48.7. The average Bonchev–Trinajstić information content (AvgIpc) is 3.72. The Balaban J connectivity index is 0.000000283. The summed E-state index contributed by atoms with van der Waals surface area (Å²) in [6, 6.07) is 5.63. The van der Waals surface area contributed by atoms with Crippen LogP contribution in [0.15, 0.2) is 18.2 Å². The topological polar surface area (TPSA) is 106 Å². The van der Waals surface area contributed by atoms with E-state index in [0.29, 0.717) is 29.4 Å². The van der Waals surface area contributed by atoms with Gasteiger partial charge < -0.3 is 21.1 Å². The second kappa shape index (κ2) is 11.2. The number of methoxy groups -OCH3 is 1. The fraction of sp³-hybridized carbons (Fsp3) is 0.500. The third-order valence-electron chi connectivity index (χ3n) is 9.28. The molecule has 8 nitrogen and oxygen atoms in total. The molecule has 0 amide bonds. The number of thiazole rings is 1. The van der Waals surface area contributed by atoms with Crippen molar-refractivity contribution in [3.63, 3.8) is 0 Å². The molecule has 2 bridgehead atoms. The van der Waals surface area contributed by atoms with Gasteiger partial charge in [-0.3, -0.25) is 4.90 Å². The molecule has 0 radical (unpaired) electrons. The van der Waals surface area contributed by atoms with Crippen LogP contribution in [0, 0.1) is 11.6 Å². The van der Waals surface area contributed by atoms with E-state index in [0.717, 1.165) is 50.0 Å². The highest BCUT2D eigenvalue weighted by atomic mass is 35.5. The van der Waals surface area contributed by atoms with Crippen molar-refractivity contribution in [2.45, 2.75) is 75.3 Å². The van der Waals surface area contributed by atoms with Gasteiger partial charge in [0.25, 0.3) is 0 Å². The van der Waals surface area contributed by atoms with Gasteiger partial charge in [-0.25, -0.2) is 18.2 Å². The number of nitrogen functional groups attached to an aromatic ring is 1. The fourth-order valence-electron chi connectivity index (χ4n) is 7.48. The van der Waals surface area contributed by atoms with Crippen molar-refractivity contribution in [2.24, 2.45) is 5.73 Å². The first-order valence-corrected chi connectivity index (χ1v) is 15.9. The minimum absolute atomic E-state index is 0.0612. The molecule has 4 saturated heterocycles. The molecule has 4 unspecified atom stereocenters. The van der Waals surface area contributed by atoms with Crippen LogP contribution in [0.5, 0.6) is 6.01 Å². The molecular weight excluding hydrogens is 599 g/mol. The molecule has 4 fully saturated rings. The zero-order chi connectivity index (χ0) is 30.0. The molecule has 228 valence electrons. The highest BCUT2D eigenvalue weighted by Crippen LogP contribution is 2.45. The van der Waals surface area contributed by atoms with Gasteiger partial charge in [0.2, 0.25) is 0 Å². The van der Waals surface area contributed by atoms with E-state index in [1.165, 1.54) is 32.1 Å². The highest BCUT2D eigenvalue weighted by Gasteiger charge is 2.41. The van der Waals surface area contributed by atoms with Crippen LogP contribution >= 0.6 is 22.9 Å².